The zero-order valence-corrected chi connectivity index (χ0v) is 22.0. The third-order valence-electron chi connectivity index (χ3n) is 7.61. The fraction of sp³-hybridized carbons (Fsp3) is 0.200. The summed E-state index contributed by atoms with van der Waals surface area (Å²) in [4.78, 5) is 2.48. The van der Waals surface area contributed by atoms with Gasteiger partial charge in [0, 0.05) is 26.0 Å². The molecule has 0 spiro atoms. The summed E-state index contributed by atoms with van der Waals surface area (Å²) in [6.45, 7) is 11.7. The van der Waals surface area contributed by atoms with Crippen molar-refractivity contribution in [2.24, 2.45) is 0 Å². The lowest BCUT2D eigenvalue weighted by molar-refractivity contribution is 0.641. The van der Waals surface area contributed by atoms with Crippen molar-refractivity contribution in [3.8, 4) is 0 Å². The predicted octanol–water partition coefficient (Wildman–Crippen LogP) is 6.16. The zero-order chi connectivity index (χ0) is 23.1. The topological polar surface area (TPSA) is 3.24 Å². The summed E-state index contributed by atoms with van der Waals surface area (Å²) in [6.07, 6.45) is 0. The van der Waals surface area contributed by atoms with Crippen LogP contribution in [-0.4, -0.2) is 6.71 Å². The number of nitrogens with zero attached hydrogens (tertiary/aromatic N) is 1. The second-order valence-electron chi connectivity index (χ2n) is 10.2. The molecule has 0 atom stereocenters. The van der Waals surface area contributed by atoms with Crippen molar-refractivity contribution in [3.63, 3.8) is 0 Å². The van der Waals surface area contributed by atoms with Crippen LogP contribution in [0.2, 0.25) is 0 Å². The van der Waals surface area contributed by atoms with Crippen LogP contribution in [0.1, 0.15) is 41.7 Å². The van der Waals surface area contributed by atoms with Gasteiger partial charge in [-0.2, -0.15) is 0 Å². The average Bonchev–Trinajstić information content (AvgIpc) is 2.77. The van der Waals surface area contributed by atoms with Gasteiger partial charge in [0.25, 0.3) is 0 Å². The Kier molecular flexibility index (Phi) is 4.61. The SMILES string of the molecule is Cc1ccc(N2c3ccc(C)cc3B3c4cc(I)ccc4C(C)(C)c4c(C)ccc2c43)cc1. The molecule has 0 radical (unpaired) electrons. The summed E-state index contributed by atoms with van der Waals surface area (Å²) >= 11 is 2.47. The zero-order valence-electron chi connectivity index (χ0n) is 19.8. The van der Waals surface area contributed by atoms with Crippen molar-refractivity contribution < 1.29 is 0 Å². The molecule has 0 saturated heterocycles. The first kappa shape index (κ1) is 21.0. The number of aryl methyl sites for hydroxylation is 3. The van der Waals surface area contributed by atoms with Crippen LogP contribution in [0.5, 0.6) is 0 Å². The van der Waals surface area contributed by atoms with Crippen LogP contribution in [0, 0.1) is 24.3 Å². The molecular formula is C30H27BIN. The van der Waals surface area contributed by atoms with Crippen molar-refractivity contribution in [1.82, 2.24) is 0 Å². The predicted molar refractivity (Wildman–Crippen MR) is 151 cm³/mol. The van der Waals surface area contributed by atoms with Gasteiger partial charge in [-0.3, -0.25) is 0 Å². The van der Waals surface area contributed by atoms with Gasteiger partial charge in [0.1, 0.15) is 0 Å². The second kappa shape index (κ2) is 7.23. The molecule has 2 heterocycles. The first-order valence-corrected chi connectivity index (χ1v) is 12.8. The van der Waals surface area contributed by atoms with E-state index in [-0.39, 0.29) is 12.1 Å². The lowest BCUT2D eigenvalue weighted by Gasteiger charge is -2.46. The van der Waals surface area contributed by atoms with E-state index in [4.69, 9.17) is 0 Å². The molecule has 1 nitrogen and oxygen atoms in total. The van der Waals surface area contributed by atoms with Crippen LogP contribution in [0.25, 0.3) is 0 Å². The summed E-state index contributed by atoms with van der Waals surface area (Å²) in [5.41, 5.74) is 15.1. The Labute approximate surface area is 211 Å². The molecule has 0 aromatic heterocycles. The maximum atomic E-state index is 2.48. The maximum Gasteiger partial charge on any atom is 0.247 e. The Morgan fingerprint density at radius 3 is 2.18 bits per heavy atom. The standard InChI is InChI=1S/C30H27BIN/c1-18-6-11-22(12-7-18)33-26-14-8-19(2)16-25(26)31-24-17-21(32)10-13-23(24)30(4,5)28-20(3)9-15-27(33)29(28)31/h6-17H,1-5H3. The maximum absolute atomic E-state index is 2.48. The number of anilines is 3. The molecule has 0 fully saturated rings. The third-order valence-corrected chi connectivity index (χ3v) is 8.28. The van der Waals surface area contributed by atoms with E-state index in [9.17, 15) is 0 Å². The Balaban J connectivity index is 1.76. The van der Waals surface area contributed by atoms with Crippen molar-refractivity contribution in [1.29, 1.82) is 0 Å². The van der Waals surface area contributed by atoms with E-state index >= 15 is 0 Å². The highest BCUT2D eigenvalue weighted by Crippen LogP contribution is 2.43. The summed E-state index contributed by atoms with van der Waals surface area (Å²) in [5, 5.41) is 0. The molecule has 2 aliphatic rings. The van der Waals surface area contributed by atoms with Crippen molar-refractivity contribution >= 4 is 62.8 Å². The van der Waals surface area contributed by atoms with Crippen LogP contribution in [0.3, 0.4) is 0 Å². The van der Waals surface area contributed by atoms with Crippen molar-refractivity contribution in [3.05, 3.63) is 104 Å². The van der Waals surface area contributed by atoms with E-state index in [1.807, 2.05) is 0 Å². The molecule has 2 aliphatic heterocycles. The largest absolute Gasteiger partial charge is 0.312 e. The first-order valence-electron chi connectivity index (χ1n) is 11.7. The van der Waals surface area contributed by atoms with E-state index in [2.05, 4.69) is 135 Å². The molecule has 162 valence electrons. The summed E-state index contributed by atoms with van der Waals surface area (Å²) in [6, 6.07) is 27.7. The minimum Gasteiger partial charge on any atom is -0.312 e. The Morgan fingerprint density at radius 1 is 0.727 bits per heavy atom. The molecule has 33 heavy (non-hydrogen) atoms. The van der Waals surface area contributed by atoms with Gasteiger partial charge >= 0.3 is 0 Å². The highest BCUT2D eigenvalue weighted by molar-refractivity contribution is 14.1. The summed E-state index contributed by atoms with van der Waals surface area (Å²) in [7, 11) is 0. The third kappa shape index (κ3) is 2.98. The lowest BCUT2D eigenvalue weighted by Crippen LogP contribution is -2.64. The minimum atomic E-state index is -0.0497. The van der Waals surface area contributed by atoms with Crippen LogP contribution in [0.15, 0.2) is 72.8 Å². The van der Waals surface area contributed by atoms with E-state index in [0.717, 1.165) is 0 Å². The molecule has 0 N–H and O–H groups in total. The normalized spacial score (nSPS) is 15.1. The average molecular weight is 539 g/mol. The van der Waals surface area contributed by atoms with Gasteiger partial charge in [0.15, 0.2) is 0 Å². The van der Waals surface area contributed by atoms with E-state index in [1.54, 1.807) is 0 Å². The van der Waals surface area contributed by atoms with Gasteiger partial charge in [-0.1, -0.05) is 72.9 Å². The molecule has 0 bridgehead atoms. The van der Waals surface area contributed by atoms with Crippen molar-refractivity contribution in [2.45, 2.75) is 40.0 Å². The van der Waals surface area contributed by atoms with Gasteiger partial charge in [0.2, 0.25) is 6.71 Å². The van der Waals surface area contributed by atoms with E-state index in [1.165, 1.54) is 64.8 Å². The molecule has 4 aromatic carbocycles. The number of halogens is 1. The number of hydrogen-bond acceptors (Lipinski definition) is 1. The lowest BCUT2D eigenvalue weighted by atomic mass is 9.30. The molecule has 4 aromatic rings. The van der Waals surface area contributed by atoms with Gasteiger partial charge in [-0.15, -0.1) is 0 Å². The number of benzene rings is 4. The smallest absolute Gasteiger partial charge is 0.247 e. The molecule has 6 rings (SSSR count). The monoisotopic (exact) mass is 539 g/mol. The van der Waals surface area contributed by atoms with Gasteiger partial charge in [-0.25, -0.2) is 0 Å². The fourth-order valence-corrected chi connectivity index (χ4v) is 6.71. The van der Waals surface area contributed by atoms with Gasteiger partial charge in [-0.05, 0) is 101 Å². The number of rotatable bonds is 1. The summed E-state index contributed by atoms with van der Waals surface area (Å²) in [5.74, 6) is 0. The van der Waals surface area contributed by atoms with Crippen LogP contribution >= 0.6 is 22.6 Å². The van der Waals surface area contributed by atoms with E-state index < -0.39 is 0 Å². The highest BCUT2D eigenvalue weighted by Gasteiger charge is 2.46. The molecule has 0 aliphatic carbocycles. The highest BCUT2D eigenvalue weighted by atomic mass is 127. The molecule has 3 heteroatoms. The van der Waals surface area contributed by atoms with Crippen LogP contribution in [-0.2, 0) is 5.41 Å². The summed E-state index contributed by atoms with van der Waals surface area (Å²) < 4.78 is 1.30. The van der Waals surface area contributed by atoms with Gasteiger partial charge in [0.05, 0.1) is 0 Å². The van der Waals surface area contributed by atoms with E-state index in [0.29, 0.717) is 0 Å². The number of hydrogen-bond donors (Lipinski definition) is 0. The Hall–Kier alpha value is -2.53. The molecular weight excluding hydrogens is 512 g/mol. The second-order valence-corrected chi connectivity index (χ2v) is 11.5. The van der Waals surface area contributed by atoms with Gasteiger partial charge < -0.3 is 4.90 Å². The number of fused-ring (bicyclic) bond motifs is 4. The van der Waals surface area contributed by atoms with Crippen LogP contribution < -0.4 is 21.3 Å². The Morgan fingerprint density at radius 2 is 1.42 bits per heavy atom. The first-order chi connectivity index (χ1) is 15.8. The molecule has 0 saturated carbocycles. The van der Waals surface area contributed by atoms with Crippen LogP contribution in [0.4, 0.5) is 17.1 Å². The van der Waals surface area contributed by atoms with Crippen molar-refractivity contribution in [2.75, 3.05) is 4.90 Å². The quantitative estimate of drug-likeness (QED) is 0.183. The molecule has 0 amide bonds. The Bertz CT molecular complexity index is 1430. The minimum absolute atomic E-state index is 0.0497. The molecule has 0 unspecified atom stereocenters. The fourth-order valence-electron chi connectivity index (χ4n) is 6.20.